The quantitative estimate of drug-likeness (QED) is 0.709. The zero-order valence-electron chi connectivity index (χ0n) is 15.6. The second kappa shape index (κ2) is 8.75. The Morgan fingerprint density at radius 2 is 1.93 bits per heavy atom. The van der Waals surface area contributed by atoms with Crippen LogP contribution in [0, 0.1) is 5.92 Å². The van der Waals surface area contributed by atoms with Crippen LogP contribution in [0.5, 0.6) is 5.75 Å². The Morgan fingerprint density at radius 3 is 2.71 bits per heavy atom. The lowest BCUT2D eigenvalue weighted by Crippen LogP contribution is -2.30. The van der Waals surface area contributed by atoms with Crippen LogP contribution >= 0.6 is 0 Å². The fourth-order valence-corrected chi connectivity index (χ4v) is 3.29. The molecular formula is C21H23N5O2. The van der Waals surface area contributed by atoms with E-state index in [2.05, 4.69) is 20.4 Å². The molecule has 2 aromatic heterocycles. The first-order chi connectivity index (χ1) is 13.8. The summed E-state index contributed by atoms with van der Waals surface area (Å²) in [5.74, 6) is 1.91. The first-order valence-electron chi connectivity index (χ1n) is 9.55. The third-order valence-corrected chi connectivity index (χ3v) is 4.88. The van der Waals surface area contributed by atoms with E-state index in [1.165, 1.54) is 10.7 Å². The van der Waals surface area contributed by atoms with E-state index in [9.17, 15) is 4.79 Å². The molecule has 0 aliphatic carbocycles. The number of piperidine rings is 1. The van der Waals surface area contributed by atoms with Gasteiger partial charge in [-0.3, -0.25) is 4.79 Å². The molecule has 7 heteroatoms. The number of nitrogens with zero attached hydrogens (tertiary/aromatic N) is 4. The van der Waals surface area contributed by atoms with Gasteiger partial charge < -0.3 is 10.1 Å². The molecule has 3 aromatic rings. The van der Waals surface area contributed by atoms with Gasteiger partial charge in [0.25, 0.3) is 5.56 Å². The minimum atomic E-state index is -0.126. The number of rotatable bonds is 6. The van der Waals surface area contributed by atoms with Gasteiger partial charge in [0.05, 0.1) is 25.5 Å². The second-order valence-electron chi connectivity index (χ2n) is 6.97. The van der Waals surface area contributed by atoms with Crippen LogP contribution in [0.25, 0.3) is 11.4 Å². The third-order valence-electron chi connectivity index (χ3n) is 4.88. The summed E-state index contributed by atoms with van der Waals surface area (Å²) in [5.41, 5.74) is 1.74. The predicted octanol–water partition coefficient (Wildman–Crippen LogP) is 2.13. The van der Waals surface area contributed by atoms with Crippen molar-refractivity contribution in [2.75, 3.05) is 19.7 Å². The number of ether oxygens (including phenoxy) is 1. The molecule has 28 heavy (non-hydrogen) atoms. The minimum Gasteiger partial charge on any atom is -0.490 e. The van der Waals surface area contributed by atoms with Crippen LogP contribution in [0.3, 0.4) is 0 Å². The van der Waals surface area contributed by atoms with E-state index in [0.29, 0.717) is 30.6 Å². The Labute approximate surface area is 163 Å². The highest BCUT2D eigenvalue weighted by Crippen LogP contribution is 2.19. The van der Waals surface area contributed by atoms with E-state index in [-0.39, 0.29) is 5.56 Å². The molecular weight excluding hydrogens is 354 g/mol. The lowest BCUT2D eigenvalue weighted by Gasteiger charge is -2.22. The maximum absolute atomic E-state index is 11.9. The SMILES string of the molecule is O=c1cccnn1Cc1cccc(-c2ncc(OCC3CCNCC3)cn2)c1. The van der Waals surface area contributed by atoms with Crippen molar-refractivity contribution in [3.8, 4) is 17.1 Å². The number of nitrogens with one attached hydrogen (secondary N) is 1. The Balaban J connectivity index is 1.42. The molecule has 7 nitrogen and oxygen atoms in total. The highest BCUT2D eigenvalue weighted by molar-refractivity contribution is 5.56. The summed E-state index contributed by atoms with van der Waals surface area (Å²) in [7, 11) is 0. The molecule has 1 N–H and O–H groups in total. The van der Waals surface area contributed by atoms with Crippen LogP contribution < -0.4 is 15.6 Å². The minimum absolute atomic E-state index is 0.126. The standard InChI is InChI=1S/C21H23N5O2/c27-20-5-2-8-25-26(20)14-17-3-1-4-18(11-17)21-23-12-19(13-24-21)28-15-16-6-9-22-10-7-16/h1-5,8,11-13,16,22H,6-7,9-10,14-15H2. The summed E-state index contributed by atoms with van der Waals surface area (Å²) in [6, 6.07) is 11.0. The first kappa shape index (κ1) is 18.3. The van der Waals surface area contributed by atoms with Gasteiger partial charge in [0.2, 0.25) is 0 Å². The molecule has 1 fully saturated rings. The molecule has 3 heterocycles. The van der Waals surface area contributed by atoms with Crippen molar-refractivity contribution < 1.29 is 4.74 Å². The van der Waals surface area contributed by atoms with Crippen LogP contribution in [-0.4, -0.2) is 39.4 Å². The lowest BCUT2D eigenvalue weighted by atomic mass is 9.99. The molecule has 1 saturated heterocycles. The van der Waals surface area contributed by atoms with E-state index in [0.717, 1.165) is 37.1 Å². The summed E-state index contributed by atoms with van der Waals surface area (Å²) in [4.78, 5) is 20.7. The molecule has 1 aliphatic heterocycles. The molecule has 0 saturated carbocycles. The monoisotopic (exact) mass is 377 g/mol. The van der Waals surface area contributed by atoms with Crippen LogP contribution in [0.15, 0.2) is 59.8 Å². The van der Waals surface area contributed by atoms with Crippen molar-refractivity contribution in [1.29, 1.82) is 0 Å². The fourth-order valence-electron chi connectivity index (χ4n) is 3.29. The number of hydrogen-bond donors (Lipinski definition) is 1. The van der Waals surface area contributed by atoms with Crippen molar-refractivity contribution in [1.82, 2.24) is 25.1 Å². The molecule has 144 valence electrons. The average molecular weight is 377 g/mol. The third kappa shape index (κ3) is 4.61. The number of benzene rings is 1. The zero-order valence-corrected chi connectivity index (χ0v) is 15.6. The largest absolute Gasteiger partial charge is 0.490 e. The normalized spacial score (nSPS) is 14.7. The summed E-state index contributed by atoms with van der Waals surface area (Å²) in [6.07, 6.45) is 7.34. The highest BCUT2D eigenvalue weighted by Gasteiger charge is 2.14. The molecule has 0 amide bonds. The second-order valence-corrected chi connectivity index (χ2v) is 6.97. The molecule has 0 radical (unpaired) electrons. The van der Waals surface area contributed by atoms with Gasteiger partial charge in [0.1, 0.15) is 0 Å². The number of aromatic nitrogens is 4. The van der Waals surface area contributed by atoms with E-state index in [1.54, 1.807) is 24.7 Å². The smallest absolute Gasteiger partial charge is 0.267 e. The van der Waals surface area contributed by atoms with E-state index in [4.69, 9.17) is 4.74 Å². The molecule has 4 rings (SSSR count). The van der Waals surface area contributed by atoms with Gasteiger partial charge in [-0.1, -0.05) is 18.2 Å². The topological polar surface area (TPSA) is 81.9 Å². The van der Waals surface area contributed by atoms with Crippen molar-refractivity contribution in [3.05, 3.63) is 70.9 Å². The van der Waals surface area contributed by atoms with Gasteiger partial charge in [0.15, 0.2) is 11.6 Å². The van der Waals surface area contributed by atoms with Gasteiger partial charge in [-0.2, -0.15) is 5.10 Å². The van der Waals surface area contributed by atoms with Crippen molar-refractivity contribution in [3.63, 3.8) is 0 Å². The Bertz CT molecular complexity index is 965. The van der Waals surface area contributed by atoms with E-state index in [1.807, 2.05) is 24.3 Å². The molecule has 0 unspecified atom stereocenters. The average Bonchev–Trinajstić information content (AvgIpc) is 2.75. The van der Waals surface area contributed by atoms with Gasteiger partial charge in [0, 0.05) is 17.8 Å². The summed E-state index contributed by atoms with van der Waals surface area (Å²) in [5, 5.41) is 7.46. The van der Waals surface area contributed by atoms with Crippen LogP contribution in [-0.2, 0) is 6.54 Å². The maximum atomic E-state index is 11.9. The van der Waals surface area contributed by atoms with Gasteiger partial charge in [-0.25, -0.2) is 14.6 Å². The molecule has 0 bridgehead atoms. The molecule has 0 spiro atoms. The summed E-state index contributed by atoms with van der Waals surface area (Å²) >= 11 is 0. The molecule has 0 atom stereocenters. The lowest BCUT2D eigenvalue weighted by molar-refractivity contribution is 0.214. The Kier molecular flexibility index (Phi) is 5.72. The fraction of sp³-hybridized carbons (Fsp3) is 0.333. The van der Waals surface area contributed by atoms with Crippen molar-refractivity contribution in [2.24, 2.45) is 5.92 Å². The van der Waals surface area contributed by atoms with Crippen LogP contribution in [0.2, 0.25) is 0 Å². The zero-order chi connectivity index (χ0) is 19.2. The highest BCUT2D eigenvalue weighted by atomic mass is 16.5. The molecule has 1 aliphatic rings. The first-order valence-corrected chi connectivity index (χ1v) is 9.55. The van der Waals surface area contributed by atoms with Gasteiger partial charge >= 0.3 is 0 Å². The predicted molar refractivity (Wildman–Crippen MR) is 106 cm³/mol. The Hall–Kier alpha value is -3.06. The van der Waals surface area contributed by atoms with E-state index >= 15 is 0 Å². The van der Waals surface area contributed by atoms with Crippen molar-refractivity contribution >= 4 is 0 Å². The Morgan fingerprint density at radius 1 is 1.11 bits per heavy atom. The van der Waals surface area contributed by atoms with E-state index < -0.39 is 0 Å². The molecule has 1 aromatic carbocycles. The maximum Gasteiger partial charge on any atom is 0.267 e. The summed E-state index contributed by atoms with van der Waals surface area (Å²) in [6.45, 7) is 3.23. The van der Waals surface area contributed by atoms with Gasteiger partial charge in [-0.05, 0) is 49.5 Å². The number of hydrogen-bond acceptors (Lipinski definition) is 6. The van der Waals surface area contributed by atoms with Gasteiger partial charge in [-0.15, -0.1) is 0 Å². The summed E-state index contributed by atoms with van der Waals surface area (Å²) < 4.78 is 7.28. The van der Waals surface area contributed by atoms with Crippen LogP contribution in [0.4, 0.5) is 0 Å². The van der Waals surface area contributed by atoms with Crippen molar-refractivity contribution in [2.45, 2.75) is 19.4 Å². The van der Waals surface area contributed by atoms with Crippen LogP contribution in [0.1, 0.15) is 18.4 Å².